The van der Waals surface area contributed by atoms with Crippen molar-refractivity contribution < 1.29 is 22.7 Å². The summed E-state index contributed by atoms with van der Waals surface area (Å²) in [5, 5.41) is 2.83. The van der Waals surface area contributed by atoms with E-state index in [0.29, 0.717) is 18.0 Å². The highest BCUT2D eigenvalue weighted by Gasteiger charge is 2.30. The van der Waals surface area contributed by atoms with Crippen LogP contribution in [-0.2, 0) is 26.2 Å². The molecule has 186 valence electrons. The lowest BCUT2D eigenvalue weighted by molar-refractivity contribution is -0.139. The molecule has 34 heavy (non-hydrogen) atoms. The lowest BCUT2D eigenvalue weighted by Gasteiger charge is -2.32. The van der Waals surface area contributed by atoms with Crippen LogP contribution in [-0.4, -0.2) is 56.6 Å². The van der Waals surface area contributed by atoms with Crippen molar-refractivity contribution in [2.24, 2.45) is 0 Å². The van der Waals surface area contributed by atoms with E-state index in [2.05, 4.69) is 5.32 Å². The van der Waals surface area contributed by atoms with Gasteiger partial charge in [-0.1, -0.05) is 24.3 Å². The number of nitrogens with zero attached hydrogens (tertiary/aromatic N) is 2. The second-order valence-electron chi connectivity index (χ2n) is 8.48. The van der Waals surface area contributed by atoms with E-state index in [1.54, 1.807) is 31.2 Å². The molecule has 2 rings (SSSR count). The van der Waals surface area contributed by atoms with E-state index in [1.165, 1.54) is 4.90 Å². The maximum Gasteiger partial charge on any atom is 0.244 e. The molecule has 0 aromatic heterocycles. The molecule has 1 N–H and O–H groups in total. The Balaban J connectivity index is 2.38. The standard InChI is InChI=1S/C25H35N3O5S/c1-7-33-23-14-12-22(13-15-23)28(34(6,31)32)17-24(29)27(20(5)25(30)26-18(2)3)16-21-11-9-8-10-19(21)4/h8-15,18,20H,7,16-17H2,1-6H3,(H,26,30). The molecule has 8 nitrogen and oxygen atoms in total. The van der Waals surface area contributed by atoms with Gasteiger partial charge in [0.15, 0.2) is 0 Å². The highest BCUT2D eigenvalue weighted by molar-refractivity contribution is 7.92. The third-order valence-electron chi connectivity index (χ3n) is 5.32. The normalized spacial score (nSPS) is 12.2. The van der Waals surface area contributed by atoms with Crippen molar-refractivity contribution in [1.82, 2.24) is 10.2 Å². The minimum atomic E-state index is -3.77. The molecule has 0 aliphatic carbocycles. The van der Waals surface area contributed by atoms with Crippen molar-refractivity contribution in [2.45, 2.75) is 53.2 Å². The second kappa shape index (κ2) is 11.9. The third kappa shape index (κ3) is 7.48. The number of amides is 2. The molecule has 2 amide bonds. The number of benzene rings is 2. The molecule has 2 aromatic rings. The van der Waals surface area contributed by atoms with Gasteiger partial charge in [-0.25, -0.2) is 8.42 Å². The lowest BCUT2D eigenvalue weighted by Crippen LogP contribution is -2.52. The van der Waals surface area contributed by atoms with Gasteiger partial charge >= 0.3 is 0 Å². The molecule has 0 saturated heterocycles. The van der Waals surface area contributed by atoms with Gasteiger partial charge in [0, 0.05) is 12.6 Å². The van der Waals surface area contributed by atoms with Crippen molar-refractivity contribution in [2.75, 3.05) is 23.7 Å². The average Bonchev–Trinajstić information content (AvgIpc) is 2.76. The molecule has 0 heterocycles. The summed E-state index contributed by atoms with van der Waals surface area (Å²) in [7, 11) is -3.77. The zero-order valence-electron chi connectivity index (χ0n) is 20.7. The van der Waals surface area contributed by atoms with E-state index < -0.39 is 28.5 Å². The van der Waals surface area contributed by atoms with Crippen LogP contribution in [0.1, 0.15) is 38.8 Å². The molecule has 0 aliphatic rings. The number of nitrogens with one attached hydrogen (secondary N) is 1. The van der Waals surface area contributed by atoms with Gasteiger partial charge in [0.25, 0.3) is 0 Å². The molecular weight excluding hydrogens is 454 g/mol. The number of sulfonamides is 1. The molecule has 2 aromatic carbocycles. The Morgan fingerprint density at radius 2 is 1.65 bits per heavy atom. The Kier molecular flexibility index (Phi) is 9.49. The van der Waals surface area contributed by atoms with E-state index in [1.807, 2.05) is 52.0 Å². The number of carbonyl (C=O) groups excluding carboxylic acids is 2. The molecule has 0 radical (unpaired) electrons. The summed E-state index contributed by atoms with van der Waals surface area (Å²) in [4.78, 5) is 27.7. The summed E-state index contributed by atoms with van der Waals surface area (Å²) >= 11 is 0. The van der Waals surface area contributed by atoms with Gasteiger partial charge in [-0.05, 0) is 70.0 Å². The highest BCUT2D eigenvalue weighted by atomic mass is 32.2. The van der Waals surface area contributed by atoms with Gasteiger partial charge in [0.2, 0.25) is 21.8 Å². The molecule has 0 aliphatic heterocycles. The first-order valence-corrected chi connectivity index (χ1v) is 13.1. The number of rotatable bonds is 11. The highest BCUT2D eigenvalue weighted by Crippen LogP contribution is 2.23. The SMILES string of the molecule is CCOc1ccc(N(CC(=O)N(Cc2ccccc2C)C(C)C(=O)NC(C)C)S(C)(=O)=O)cc1. The predicted molar refractivity (Wildman–Crippen MR) is 134 cm³/mol. The molecule has 0 bridgehead atoms. The zero-order valence-corrected chi connectivity index (χ0v) is 21.6. The summed E-state index contributed by atoms with van der Waals surface area (Å²) in [5.41, 5.74) is 2.20. The number of carbonyl (C=O) groups is 2. The van der Waals surface area contributed by atoms with Crippen molar-refractivity contribution in [3.05, 3.63) is 59.7 Å². The van der Waals surface area contributed by atoms with E-state index in [0.717, 1.165) is 21.7 Å². The first-order valence-electron chi connectivity index (χ1n) is 11.3. The molecule has 0 saturated carbocycles. The summed E-state index contributed by atoms with van der Waals surface area (Å²) < 4.78 is 31.7. The number of ether oxygens (including phenoxy) is 1. The van der Waals surface area contributed by atoms with Gasteiger partial charge in [-0.3, -0.25) is 13.9 Å². The van der Waals surface area contributed by atoms with Crippen molar-refractivity contribution in [3.63, 3.8) is 0 Å². The van der Waals surface area contributed by atoms with Crippen LogP contribution in [0.2, 0.25) is 0 Å². The van der Waals surface area contributed by atoms with Crippen LogP contribution in [0.5, 0.6) is 5.75 Å². The molecule has 9 heteroatoms. The van der Waals surface area contributed by atoms with Crippen molar-refractivity contribution >= 4 is 27.5 Å². The smallest absolute Gasteiger partial charge is 0.244 e. The van der Waals surface area contributed by atoms with Gasteiger partial charge < -0.3 is 15.0 Å². The zero-order chi connectivity index (χ0) is 25.5. The van der Waals surface area contributed by atoms with Crippen LogP contribution in [0.3, 0.4) is 0 Å². The van der Waals surface area contributed by atoms with E-state index >= 15 is 0 Å². The fraction of sp³-hybridized carbons (Fsp3) is 0.440. The minimum Gasteiger partial charge on any atom is -0.494 e. The van der Waals surface area contributed by atoms with Crippen LogP contribution in [0.4, 0.5) is 5.69 Å². The monoisotopic (exact) mass is 489 g/mol. The summed E-state index contributed by atoms with van der Waals surface area (Å²) in [6.07, 6.45) is 1.05. The van der Waals surface area contributed by atoms with Crippen LogP contribution in [0, 0.1) is 6.92 Å². The number of hydrogen-bond acceptors (Lipinski definition) is 5. The maximum absolute atomic E-state index is 13.5. The molecule has 0 spiro atoms. The van der Waals surface area contributed by atoms with Gasteiger partial charge in [0.05, 0.1) is 18.6 Å². The minimum absolute atomic E-state index is 0.0956. The Hall–Kier alpha value is -3.07. The largest absolute Gasteiger partial charge is 0.494 e. The van der Waals surface area contributed by atoms with Gasteiger partial charge in [0.1, 0.15) is 18.3 Å². The third-order valence-corrected chi connectivity index (χ3v) is 6.46. The van der Waals surface area contributed by atoms with Crippen LogP contribution < -0.4 is 14.4 Å². The van der Waals surface area contributed by atoms with E-state index in [4.69, 9.17) is 4.74 Å². The second-order valence-corrected chi connectivity index (χ2v) is 10.4. The summed E-state index contributed by atoms with van der Waals surface area (Å²) in [5.74, 6) is -0.177. The average molecular weight is 490 g/mol. The fourth-order valence-electron chi connectivity index (χ4n) is 3.45. The number of anilines is 1. The molecule has 0 fully saturated rings. The Labute approximate surface area is 202 Å². The topological polar surface area (TPSA) is 96.0 Å². The summed E-state index contributed by atoms with van der Waals surface area (Å²) in [6.45, 7) is 9.35. The number of hydrogen-bond donors (Lipinski definition) is 1. The fourth-order valence-corrected chi connectivity index (χ4v) is 4.30. The Morgan fingerprint density at radius 1 is 1.03 bits per heavy atom. The Bertz CT molecular complexity index is 1080. The predicted octanol–water partition coefficient (Wildman–Crippen LogP) is 3.10. The number of aryl methyl sites for hydroxylation is 1. The van der Waals surface area contributed by atoms with Gasteiger partial charge in [-0.15, -0.1) is 0 Å². The van der Waals surface area contributed by atoms with Crippen molar-refractivity contribution in [3.8, 4) is 5.75 Å². The Morgan fingerprint density at radius 3 is 2.18 bits per heavy atom. The maximum atomic E-state index is 13.5. The molecule has 1 unspecified atom stereocenters. The molecule has 1 atom stereocenters. The van der Waals surface area contributed by atoms with Crippen LogP contribution >= 0.6 is 0 Å². The first-order chi connectivity index (χ1) is 15.9. The lowest BCUT2D eigenvalue weighted by atomic mass is 10.1. The van der Waals surface area contributed by atoms with Gasteiger partial charge in [-0.2, -0.15) is 0 Å². The van der Waals surface area contributed by atoms with Crippen LogP contribution in [0.15, 0.2) is 48.5 Å². The first kappa shape index (κ1) is 27.2. The summed E-state index contributed by atoms with van der Waals surface area (Å²) in [6, 6.07) is 13.2. The van der Waals surface area contributed by atoms with E-state index in [-0.39, 0.29) is 18.5 Å². The quantitative estimate of drug-likeness (QED) is 0.523. The van der Waals surface area contributed by atoms with E-state index in [9.17, 15) is 18.0 Å². The van der Waals surface area contributed by atoms with Crippen LogP contribution in [0.25, 0.3) is 0 Å². The van der Waals surface area contributed by atoms with Crippen molar-refractivity contribution in [1.29, 1.82) is 0 Å². The molecular formula is C25H35N3O5S.